The molecule has 4 heteroatoms. The van der Waals surface area contributed by atoms with Crippen LogP contribution in [0.25, 0.3) is 0 Å². The largest absolute Gasteiger partial charge is 0.380 e. The van der Waals surface area contributed by atoms with Crippen LogP contribution in [0.4, 0.5) is 5.69 Å². The summed E-state index contributed by atoms with van der Waals surface area (Å²) in [6, 6.07) is 8.00. The van der Waals surface area contributed by atoms with Gasteiger partial charge in [0.2, 0.25) is 5.91 Å². The molecule has 1 aliphatic heterocycles. The van der Waals surface area contributed by atoms with E-state index < -0.39 is 0 Å². The zero-order valence-corrected chi connectivity index (χ0v) is 10.1. The van der Waals surface area contributed by atoms with Gasteiger partial charge in [-0.3, -0.25) is 4.79 Å². The molecule has 92 valence electrons. The van der Waals surface area contributed by atoms with E-state index in [4.69, 9.17) is 4.74 Å². The van der Waals surface area contributed by atoms with Crippen LogP contribution in [0.1, 0.15) is 12.5 Å². The van der Waals surface area contributed by atoms with Gasteiger partial charge in [0.1, 0.15) is 0 Å². The number of ether oxygens (including phenoxy) is 1. The van der Waals surface area contributed by atoms with Gasteiger partial charge in [-0.15, -0.1) is 0 Å². The molecule has 1 amide bonds. The Balaban J connectivity index is 2.18. The van der Waals surface area contributed by atoms with E-state index >= 15 is 0 Å². The Kier molecular flexibility index (Phi) is 4.12. The van der Waals surface area contributed by atoms with Crippen LogP contribution in [0.5, 0.6) is 0 Å². The predicted molar refractivity (Wildman–Crippen MR) is 67.0 cm³/mol. The Labute approximate surface area is 102 Å². The van der Waals surface area contributed by atoms with Crippen molar-refractivity contribution in [1.82, 2.24) is 5.32 Å². The summed E-state index contributed by atoms with van der Waals surface area (Å²) >= 11 is 0. The number of fused-ring (bicyclic) bond motifs is 1. The number of carbonyl (C=O) groups is 1. The summed E-state index contributed by atoms with van der Waals surface area (Å²) < 4.78 is 5.33. The molecule has 0 spiro atoms. The van der Waals surface area contributed by atoms with Gasteiger partial charge in [0, 0.05) is 25.4 Å². The van der Waals surface area contributed by atoms with Gasteiger partial charge >= 0.3 is 0 Å². The Morgan fingerprint density at radius 2 is 2.18 bits per heavy atom. The minimum Gasteiger partial charge on any atom is -0.380 e. The maximum atomic E-state index is 12.0. The lowest BCUT2D eigenvalue weighted by Gasteiger charge is -2.22. The SMILES string of the molecule is CCOCCN1C(=O)CNCc2ccccc21. The predicted octanol–water partition coefficient (Wildman–Crippen LogP) is 1.16. The number of anilines is 1. The fraction of sp³-hybridized carbons (Fsp3) is 0.462. The molecule has 0 fully saturated rings. The topological polar surface area (TPSA) is 41.6 Å². The average molecular weight is 234 g/mol. The number of hydrogen-bond acceptors (Lipinski definition) is 3. The summed E-state index contributed by atoms with van der Waals surface area (Å²) in [4.78, 5) is 13.8. The second-order valence-electron chi connectivity index (χ2n) is 3.97. The number of benzene rings is 1. The third kappa shape index (κ3) is 2.84. The van der Waals surface area contributed by atoms with Crippen LogP contribution in [0, 0.1) is 0 Å². The molecule has 1 aromatic rings. The molecular formula is C13H18N2O2. The third-order valence-electron chi connectivity index (χ3n) is 2.84. The normalized spacial score (nSPS) is 15.6. The quantitative estimate of drug-likeness (QED) is 0.795. The van der Waals surface area contributed by atoms with Gasteiger partial charge < -0.3 is 15.0 Å². The molecule has 0 aromatic heterocycles. The van der Waals surface area contributed by atoms with Crippen LogP contribution in [0.3, 0.4) is 0 Å². The lowest BCUT2D eigenvalue weighted by atomic mass is 10.1. The van der Waals surface area contributed by atoms with Gasteiger partial charge in [-0.05, 0) is 18.6 Å². The molecule has 0 saturated heterocycles. The van der Waals surface area contributed by atoms with Gasteiger partial charge in [0.15, 0.2) is 0 Å². The number of hydrogen-bond donors (Lipinski definition) is 1. The molecule has 2 rings (SSSR count). The molecule has 0 bridgehead atoms. The molecule has 0 radical (unpaired) electrons. The smallest absolute Gasteiger partial charge is 0.241 e. The summed E-state index contributed by atoms with van der Waals surface area (Å²) in [6.45, 7) is 4.97. The first kappa shape index (κ1) is 12.1. The van der Waals surface area contributed by atoms with Crippen LogP contribution in [-0.2, 0) is 16.1 Å². The second-order valence-corrected chi connectivity index (χ2v) is 3.97. The molecule has 0 aliphatic carbocycles. The van der Waals surface area contributed by atoms with Gasteiger partial charge in [0.25, 0.3) is 0 Å². The lowest BCUT2D eigenvalue weighted by molar-refractivity contribution is -0.117. The number of amides is 1. The van der Waals surface area contributed by atoms with Crippen LogP contribution < -0.4 is 10.2 Å². The summed E-state index contributed by atoms with van der Waals surface area (Å²) in [5.41, 5.74) is 2.16. The van der Waals surface area contributed by atoms with E-state index in [1.54, 1.807) is 0 Å². The number of para-hydroxylation sites is 1. The van der Waals surface area contributed by atoms with Crippen molar-refractivity contribution in [2.45, 2.75) is 13.5 Å². The van der Waals surface area contributed by atoms with Crippen molar-refractivity contribution in [2.24, 2.45) is 0 Å². The van der Waals surface area contributed by atoms with Gasteiger partial charge in [-0.1, -0.05) is 18.2 Å². The maximum absolute atomic E-state index is 12.0. The van der Waals surface area contributed by atoms with Crippen molar-refractivity contribution in [2.75, 3.05) is 31.2 Å². The van der Waals surface area contributed by atoms with Gasteiger partial charge in [-0.2, -0.15) is 0 Å². The number of nitrogens with zero attached hydrogens (tertiary/aromatic N) is 1. The maximum Gasteiger partial charge on any atom is 0.241 e. The molecule has 1 heterocycles. The molecule has 0 atom stereocenters. The lowest BCUT2D eigenvalue weighted by Crippen LogP contribution is -2.37. The zero-order valence-electron chi connectivity index (χ0n) is 10.1. The van der Waals surface area contributed by atoms with E-state index in [0.717, 1.165) is 17.8 Å². The number of nitrogens with one attached hydrogen (secondary N) is 1. The fourth-order valence-corrected chi connectivity index (χ4v) is 2.00. The molecular weight excluding hydrogens is 216 g/mol. The van der Waals surface area contributed by atoms with Crippen molar-refractivity contribution in [3.05, 3.63) is 29.8 Å². The highest BCUT2D eigenvalue weighted by atomic mass is 16.5. The minimum absolute atomic E-state index is 0.106. The summed E-state index contributed by atoms with van der Waals surface area (Å²) in [7, 11) is 0. The highest BCUT2D eigenvalue weighted by Crippen LogP contribution is 2.22. The first-order valence-corrected chi connectivity index (χ1v) is 5.99. The van der Waals surface area contributed by atoms with Crippen LogP contribution in [0.15, 0.2) is 24.3 Å². The second kappa shape index (κ2) is 5.80. The molecule has 1 N–H and O–H groups in total. The Morgan fingerprint density at radius 3 is 3.00 bits per heavy atom. The molecule has 17 heavy (non-hydrogen) atoms. The monoisotopic (exact) mass is 234 g/mol. The molecule has 0 unspecified atom stereocenters. The van der Waals surface area contributed by atoms with Gasteiger partial charge in [-0.25, -0.2) is 0 Å². The van der Waals surface area contributed by atoms with E-state index in [2.05, 4.69) is 11.4 Å². The number of carbonyl (C=O) groups excluding carboxylic acids is 1. The Hall–Kier alpha value is -1.39. The zero-order chi connectivity index (χ0) is 12.1. The van der Waals surface area contributed by atoms with E-state index in [9.17, 15) is 4.79 Å². The first-order valence-electron chi connectivity index (χ1n) is 5.99. The summed E-state index contributed by atoms with van der Waals surface area (Å²) in [5, 5.41) is 3.14. The average Bonchev–Trinajstić information content (AvgIpc) is 2.50. The summed E-state index contributed by atoms with van der Waals surface area (Å²) in [5.74, 6) is 0.106. The molecule has 0 saturated carbocycles. The minimum atomic E-state index is 0.106. The Morgan fingerprint density at radius 1 is 1.35 bits per heavy atom. The van der Waals surface area contributed by atoms with Crippen LogP contribution in [0.2, 0.25) is 0 Å². The van der Waals surface area contributed by atoms with Crippen LogP contribution in [-0.4, -0.2) is 32.2 Å². The number of rotatable bonds is 4. The Bertz CT molecular complexity index is 393. The van der Waals surface area contributed by atoms with Crippen molar-refractivity contribution in [3.8, 4) is 0 Å². The van der Waals surface area contributed by atoms with Crippen molar-refractivity contribution >= 4 is 11.6 Å². The summed E-state index contributed by atoms with van der Waals surface area (Å²) in [6.07, 6.45) is 0. The highest BCUT2D eigenvalue weighted by molar-refractivity contribution is 5.96. The first-order chi connectivity index (χ1) is 8.33. The van der Waals surface area contributed by atoms with Crippen LogP contribution >= 0.6 is 0 Å². The van der Waals surface area contributed by atoms with Gasteiger partial charge in [0.05, 0.1) is 13.2 Å². The third-order valence-corrected chi connectivity index (χ3v) is 2.84. The van der Waals surface area contributed by atoms with E-state index in [1.165, 1.54) is 0 Å². The van der Waals surface area contributed by atoms with Crippen molar-refractivity contribution in [1.29, 1.82) is 0 Å². The standard InChI is InChI=1S/C13H18N2O2/c1-2-17-8-7-15-12-6-4-3-5-11(12)9-14-10-13(15)16/h3-6,14H,2,7-10H2,1H3. The molecule has 1 aromatic carbocycles. The fourth-order valence-electron chi connectivity index (χ4n) is 2.00. The highest BCUT2D eigenvalue weighted by Gasteiger charge is 2.20. The van der Waals surface area contributed by atoms with Crippen molar-refractivity contribution < 1.29 is 9.53 Å². The van der Waals surface area contributed by atoms with E-state index in [-0.39, 0.29) is 5.91 Å². The van der Waals surface area contributed by atoms with E-state index in [0.29, 0.717) is 26.3 Å². The molecule has 1 aliphatic rings. The molecule has 4 nitrogen and oxygen atoms in total. The van der Waals surface area contributed by atoms with Crippen molar-refractivity contribution in [3.63, 3.8) is 0 Å². The van der Waals surface area contributed by atoms with E-state index in [1.807, 2.05) is 30.0 Å².